The number of ether oxygens (including phenoxy) is 1. The van der Waals surface area contributed by atoms with Crippen LogP contribution in [0, 0.1) is 10.1 Å². The van der Waals surface area contributed by atoms with Gasteiger partial charge in [-0.2, -0.15) is 0 Å². The quantitative estimate of drug-likeness (QED) is 0.405. The lowest BCUT2D eigenvalue weighted by Crippen LogP contribution is -2.34. The molecule has 0 saturated heterocycles. The maximum absolute atomic E-state index is 13.0. The zero-order valence-electron chi connectivity index (χ0n) is 15.5. The van der Waals surface area contributed by atoms with E-state index in [1.807, 2.05) is 0 Å². The highest BCUT2D eigenvalue weighted by Crippen LogP contribution is 2.26. The Bertz CT molecular complexity index is 832. The van der Waals surface area contributed by atoms with Crippen molar-refractivity contribution in [2.45, 2.75) is 13.3 Å². The number of nitrogens with one attached hydrogen (secondary N) is 1. The van der Waals surface area contributed by atoms with Gasteiger partial charge in [-0.05, 0) is 31.2 Å². The minimum atomic E-state index is -0.563. The van der Waals surface area contributed by atoms with Gasteiger partial charge in [-0.15, -0.1) is 12.4 Å². The summed E-state index contributed by atoms with van der Waals surface area (Å²) < 4.78 is 4.90. The van der Waals surface area contributed by atoms with Crippen LogP contribution < -0.4 is 10.2 Å². The smallest absolute Gasteiger partial charge is 0.307 e. The number of nitro benzene ring substituents is 1. The Morgan fingerprint density at radius 3 is 2.61 bits per heavy atom. The Balaban J connectivity index is 0.00000392. The van der Waals surface area contributed by atoms with Gasteiger partial charge in [0.2, 0.25) is 0 Å². The molecule has 0 aliphatic carbocycles. The number of carbonyl (C=O) groups excluding carboxylic acids is 2. The molecule has 150 valence electrons. The molecule has 1 aromatic heterocycles. The van der Waals surface area contributed by atoms with Crippen molar-refractivity contribution in [1.82, 2.24) is 4.98 Å². The lowest BCUT2D eigenvalue weighted by atomic mass is 10.1. The van der Waals surface area contributed by atoms with Gasteiger partial charge >= 0.3 is 5.97 Å². The molecular weight excluding hydrogens is 388 g/mol. The molecule has 1 amide bonds. The normalized spacial score (nSPS) is 9.79. The first-order valence-corrected chi connectivity index (χ1v) is 8.32. The van der Waals surface area contributed by atoms with Crippen molar-refractivity contribution in [2.75, 3.05) is 30.4 Å². The summed E-state index contributed by atoms with van der Waals surface area (Å²) in [4.78, 5) is 40.8. The molecule has 2 aromatic rings. The topological polar surface area (TPSA) is 115 Å². The van der Waals surface area contributed by atoms with Crippen LogP contribution in [0.1, 0.15) is 23.7 Å². The van der Waals surface area contributed by atoms with Gasteiger partial charge in [0.1, 0.15) is 11.5 Å². The Labute approximate surface area is 168 Å². The largest absolute Gasteiger partial charge is 0.466 e. The summed E-state index contributed by atoms with van der Waals surface area (Å²) >= 11 is 0. The maximum atomic E-state index is 13.0. The molecule has 0 aliphatic heterocycles. The van der Waals surface area contributed by atoms with Crippen molar-refractivity contribution < 1.29 is 19.2 Å². The van der Waals surface area contributed by atoms with E-state index >= 15 is 0 Å². The van der Waals surface area contributed by atoms with Crippen molar-refractivity contribution in [3.8, 4) is 0 Å². The number of pyridine rings is 1. The molecular formula is C18H21ClN4O5. The molecule has 0 fully saturated rings. The van der Waals surface area contributed by atoms with Gasteiger partial charge in [-0.25, -0.2) is 4.98 Å². The van der Waals surface area contributed by atoms with E-state index in [-0.39, 0.29) is 43.2 Å². The van der Waals surface area contributed by atoms with Crippen LogP contribution in [0.5, 0.6) is 0 Å². The number of esters is 1. The second kappa shape index (κ2) is 10.8. The second-order valence-corrected chi connectivity index (χ2v) is 5.44. The van der Waals surface area contributed by atoms with Crippen molar-refractivity contribution in [3.05, 3.63) is 58.3 Å². The van der Waals surface area contributed by atoms with Crippen LogP contribution in [0.25, 0.3) is 0 Å². The molecule has 0 aliphatic rings. The number of hydrogen-bond acceptors (Lipinski definition) is 7. The highest BCUT2D eigenvalue weighted by Gasteiger charge is 2.23. The fraction of sp³-hybridized carbons (Fsp3) is 0.278. The average Bonchev–Trinajstić information content (AvgIpc) is 2.68. The van der Waals surface area contributed by atoms with E-state index < -0.39 is 16.8 Å². The Kier molecular flexibility index (Phi) is 8.83. The number of halogens is 1. The number of hydrogen-bond donors (Lipinski definition) is 1. The summed E-state index contributed by atoms with van der Waals surface area (Å²) in [6.45, 7) is 1.98. The first kappa shape index (κ1) is 22.8. The third-order valence-corrected chi connectivity index (χ3v) is 3.73. The third-order valence-electron chi connectivity index (χ3n) is 3.73. The number of nitro groups is 1. The molecule has 28 heavy (non-hydrogen) atoms. The van der Waals surface area contributed by atoms with Gasteiger partial charge in [0, 0.05) is 31.4 Å². The van der Waals surface area contributed by atoms with E-state index in [0.717, 1.165) is 0 Å². The molecule has 1 heterocycles. The van der Waals surface area contributed by atoms with Crippen molar-refractivity contribution in [1.29, 1.82) is 0 Å². The molecule has 0 unspecified atom stereocenters. The van der Waals surface area contributed by atoms with E-state index in [1.54, 1.807) is 32.2 Å². The number of benzene rings is 1. The fourth-order valence-corrected chi connectivity index (χ4v) is 2.45. The predicted octanol–water partition coefficient (Wildman–Crippen LogP) is 3.05. The number of anilines is 2. The molecule has 0 atom stereocenters. The summed E-state index contributed by atoms with van der Waals surface area (Å²) in [7, 11) is 1.56. The van der Waals surface area contributed by atoms with Crippen LogP contribution in [0.2, 0.25) is 0 Å². The van der Waals surface area contributed by atoms with Gasteiger partial charge < -0.3 is 10.1 Å². The number of nitrogens with zero attached hydrogens (tertiary/aromatic N) is 3. The van der Waals surface area contributed by atoms with Crippen LogP contribution in [0.4, 0.5) is 17.2 Å². The SMILES string of the molecule is CCOC(=O)CCN(C(=O)c1ccc(NC)c([N+](=O)[O-])c1)c1ccccn1.Cl. The molecule has 2 rings (SSSR count). The molecule has 1 N–H and O–H groups in total. The van der Waals surface area contributed by atoms with Crippen LogP contribution in [-0.4, -0.2) is 42.0 Å². The Morgan fingerprint density at radius 1 is 1.29 bits per heavy atom. The fourth-order valence-electron chi connectivity index (χ4n) is 2.45. The minimum absolute atomic E-state index is 0. The maximum Gasteiger partial charge on any atom is 0.307 e. The predicted molar refractivity (Wildman–Crippen MR) is 107 cm³/mol. The molecule has 0 radical (unpaired) electrons. The first-order valence-electron chi connectivity index (χ1n) is 8.32. The molecule has 10 heteroatoms. The van der Waals surface area contributed by atoms with Crippen LogP contribution in [0.3, 0.4) is 0 Å². The number of rotatable bonds is 8. The lowest BCUT2D eigenvalue weighted by Gasteiger charge is -2.21. The van der Waals surface area contributed by atoms with E-state index in [4.69, 9.17) is 4.74 Å². The summed E-state index contributed by atoms with van der Waals surface area (Å²) in [6, 6.07) is 9.19. The van der Waals surface area contributed by atoms with Crippen LogP contribution in [-0.2, 0) is 9.53 Å². The van der Waals surface area contributed by atoms with Crippen molar-refractivity contribution in [2.24, 2.45) is 0 Å². The zero-order chi connectivity index (χ0) is 19.8. The lowest BCUT2D eigenvalue weighted by molar-refractivity contribution is -0.384. The van der Waals surface area contributed by atoms with Gasteiger partial charge in [-0.1, -0.05) is 6.07 Å². The summed E-state index contributed by atoms with van der Waals surface area (Å²) in [5.41, 5.74) is 0.206. The summed E-state index contributed by atoms with van der Waals surface area (Å²) in [5.74, 6) is -0.598. The number of carbonyl (C=O) groups is 2. The first-order chi connectivity index (χ1) is 13.0. The van der Waals surface area contributed by atoms with Crippen molar-refractivity contribution >= 4 is 41.5 Å². The van der Waals surface area contributed by atoms with Gasteiger partial charge in [0.05, 0.1) is 18.0 Å². The Hall–Kier alpha value is -3.20. The van der Waals surface area contributed by atoms with E-state index in [0.29, 0.717) is 11.5 Å². The molecule has 0 saturated carbocycles. The standard InChI is InChI=1S/C18H20N4O5.ClH/c1-3-27-17(23)9-11-21(16-6-4-5-10-20-16)18(24)13-7-8-14(19-2)15(12-13)22(25)26;/h4-8,10,12,19H,3,9,11H2,1-2H3;1H. The van der Waals surface area contributed by atoms with Gasteiger partial charge in [0.15, 0.2) is 0 Å². The molecule has 9 nitrogen and oxygen atoms in total. The average molecular weight is 409 g/mol. The monoisotopic (exact) mass is 408 g/mol. The number of amides is 1. The minimum Gasteiger partial charge on any atom is -0.466 e. The van der Waals surface area contributed by atoms with E-state index in [2.05, 4.69) is 10.3 Å². The zero-order valence-corrected chi connectivity index (χ0v) is 16.3. The van der Waals surface area contributed by atoms with Gasteiger partial charge in [0.25, 0.3) is 11.6 Å². The van der Waals surface area contributed by atoms with Crippen LogP contribution in [0.15, 0.2) is 42.6 Å². The molecule has 1 aromatic carbocycles. The Morgan fingerprint density at radius 2 is 2.04 bits per heavy atom. The molecule has 0 spiro atoms. The van der Waals surface area contributed by atoms with E-state index in [1.165, 1.54) is 29.3 Å². The number of aromatic nitrogens is 1. The van der Waals surface area contributed by atoms with E-state index in [9.17, 15) is 19.7 Å². The van der Waals surface area contributed by atoms with Gasteiger partial charge in [-0.3, -0.25) is 24.6 Å². The molecule has 0 bridgehead atoms. The van der Waals surface area contributed by atoms with Crippen molar-refractivity contribution in [3.63, 3.8) is 0 Å². The highest BCUT2D eigenvalue weighted by atomic mass is 35.5. The summed E-state index contributed by atoms with van der Waals surface area (Å²) in [6.07, 6.45) is 1.50. The third kappa shape index (κ3) is 5.65. The second-order valence-electron chi connectivity index (χ2n) is 5.44. The van der Waals surface area contributed by atoms with Crippen LogP contribution >= 0.6 is 12.4 Å². The summed E-state index contributed by atoms with van der Waals surface area (Å²) in [5, 5.41) is 14.0. The highest BCUT2D eigenvalue weighted by molar-refractivity contribution is 6.06.